The molecule has 2 heterocycles. The summed E-state index contributed by atoms with van der Waals surface area (Å²) in [5.74, 6) is 3.37. The van der Waals surface area contributed by atoms with E-state index < -0.39 is 0 Å². The van der Waals surface area contributed by atoms with E-state index in [2.05, 4.69) is 41.5 Å². The van der Waals surface area contributed by atoms with Gasteiger partial charge in [0.05, 0.1) is 37.9 Å². The van der Waals surface area contributed by atoms with Crippen molar-refractivity contribution >= 4 is 34.5 Å². The molecule has 0 saturated carbocycles. The van der Waals surface area contributed by atoms with Crippen molar-refractivity contribution < 1.29 is 19.0 Å². The number of carbonyl (C=O) groups excluding carboxylic acids is 1. The fourth-order valence-electron chi connectivity index (χ4n) is 3.63. The molecule has 0 aliphatic heterocycles. The molecule has 10 nitrogen and oxygen atoms in total. The van der Waals surface area contributed by atoms with Crippen molar-refractivity contribution in [3.8, 4) is 17.2 Å². The van der Waals surface area contributed by atoms with Crippen LogP contribution < -0.4 is 24.8 Å². The van der Waals surface area contributed by atoms with E-state index in [1.807, 2.05) is 20.8 Å². The van der Waals surface area contributed by atoms with E-state index in [1.54, 1.807) is 34.8 Å². The number of nitrogens with zero attached hydrogens (tertiary/aromatic N) is 4. The average Bonchev–Trinajstić information content (AvgIpc) is 3.27. The first-order valence-corrected chi connectivity index (χ1v) is 13.8. The second-order valence-electron chi connectivity index (χ2n) is 8.52. The van der Waals surface area contributed by atoms with Gasteiger partial charge >= 0.3 is 0 Å². The van der Waals surface area contributed by atoms with Crippen LogP contribution in [0.15, 0.2) is 23.5 Å². The van der Waals surface area contributed by atoms with E-state index >= 15 is 0 Å². The third-order valence-corrected chi connectivity index (χ3v) is 5.94. The lowest BCUT2D eigenvalue weighted by atomic mass is 10.1. The maximum atomic E-state index is 13.0. The molecule has 3 aromatic rings. The van der Waals surface area contributed by atoms with Gasteiger partial charge < -0.3 is 24.8 Å². The Morgan fingerprint density at radius 2 is 1.70 bits per heavy atom. The summed E-state index contributed by atoms with van der Waals surface area (Å²) in [6.07, 6.45) is 1.77. The maximum absolute atomic E-state index is 13.0. The first-order valence-electron chi connectivity index (χ1n) is 12.9. The van der Waals surface area contributed by atoms with E-state index in [9.17, 15) is 4.79 Å². The van der Waals surface area contributed by atoms with Gasteiger partial charge in [0, 0.05) is 18.7 Å². The first-order chi connectivity index (χ1) is 17.9. The summed E-state index contributed by atoms with van der Waals surface area (Å²) in [6.45, 7) is 15.0. The van der Waals surface area contributed by atoms with Crippen molar-refractivity contribution in [2.24, 2.45) is 5.92 Å². The summed E-state index contributed by atoms with van der Waals surface area (Å²) in [4.78, 5) is 22.4. The summed E-state index contributed by atoms with van der Waals surface area (Å²) in [6, 6.07) is 3.37. The predicted octanol–water partition coefficient (Wildman–Crippen LogP) is 4.63. The van der Waals surface area contributed by atoms with Gasteiger partial charge in [-0.1, -0.05) is 32.5 Å². The number of ether oxygens (including phenoxy) is 3. The fourth-order valence-corrected chi connectivity index (χ4v) is 4.19. The number of fused-ring (bicyclic) bond motifs is 1. The third-order valence-electron chi connectivity index (χ3n) is 5.21. The highest BCUT2D eigenvalue weighted by Gasteiger charge is 2.19. The number of hydrogen-bond donors (Lipinski definition) is 2. The Balaban J connectivity index is 1.77. The van der Waals surface area contributed by atoms with E-state index in [1.165, 1.54) is 0 Å². The molecule has 11 heteroatoms. The maximum Gasteiger partial charge on any atom is 0.251 e. The summed E-state index contributed by atoms with van der Waals surface area (Å²) in [5, 5.41) is 12.5. The zero-order chi connectivity index (χ0) is 26.8. The number of rotatable bonds is 15. The molecule has 2 N–H and O–H groups in total. The molecule has 0 aliphatic carbocycles. The number of amides is 1. The molecule has 0 radical (unpaired) electrons. The Bertz CT molecular complexity index is 1160. The Kier molecular flexibility index (Phi) is 10.7. The normalized spacial score (nSPS) is 11.1. The number of carbonyl (C=O) groups is 1. The molecular formula is C26H38N6O4S. The van der Waals surface area contributed by atoms with Crippen LogP contribution in [0.25, 0.3) is 11.0 Å². The Labute approximate surface area is 222 Å². The van der Waals surface area contributed by atoms with E-state index in [0.29, 0.717) is 66.8 Å². The van der Waals surface area contributed by atoms with Gasteiger partial charge in [-0.25, -0.2) is 14.6 Å². The lowest BCUT2D eigenvalue weighted by molar-refractivity contribution is 0.0951. The smallest absolute Gasteiger partial charge is 0.251 e. The molecular weight excluding hydrogens is 492 g/mol. The standard InChI is InChI=1S/C26H38N6O4S/c1-7-34-20-13-18(14-21(35-8-2)22(20)36-9-3)25(33)27-11-12-32-24-19(16-29-32)23(28-15-17(5)6)30-26(31-24)37-10-4/h13-14,16-17H,7-12,15H2,1-6H3,(H,27,33)(H,28,30,31). The Morgan fingerprint density at radius 1 is 1.03 bits per heavy atom. The zero-order valence-corrected chi connectivity index (χ0v) is 23.4. The van der Waals surface area contributed by atoms with Crippen LogP contribution in [0.1, 0.15) is 51.9 Å². The van der Waals surface area contributed by atoms with Crippen LogP contribution in [0, 0.1) is 5.92 Å². The largest absolute Gasteiger partial charge is 0.490 e. The minimum Gasteiger partial charge on any atom is -0.490 e. The lowest BCUT2D eigenvalue weighted by Crippen LogP contribution is -2.27. The number of anilines is 1. The number of hydrogen-bond acceptors (Lipinski definition) is 9. The van der Waals surface area contributed by atoms with Crippen molar-refractivity contribution in [2.45, 2.75) is 53.2 Å². The quantitative estimate of drug-likeness (QED) is 0.214. The second kappa shape index (κ2) is 13.9. The van der Waals surface area contributed by atoms with E-state index in [-0.39, 0.29) is 5.91 Å². The lowest BCUT2D eigenvalue weighted by Gasteiger charge is -2.17. The molecule has 0 saturated heterocycles. The zero-order valence-electron chi connectivity index (χ0n) is 22.6. The Hall–Kier alpha value is -3.21. The van der Waals surface area contributed by atoms with Gasteiger partial charge in [0.15, 0.2) is 22.3 Å². The Morgan fingerprint density at radius 3 is 2.30 bits per heavy atom. The predicted molar refractivity (Wildman–Crippen MR) is 147 cm³/mol. The topological polar surface area (TPSA) is 112 Å². The molecule has 202 valence electrons. The van der Waals surface area contributed by atoms with Crippen molar-refractivity contribution in [3.63, 3.8) is 0 Å². The van der Waals surface area contributed by atoms with E-state index in [0.717, 1.165) is 29.1 Å². The molecule has 0 aliphatic rings. The average molecular weight is 531 g/mol. The highest BCUT2D eigenvalue weighted by atomic mass is 32.2. The minimum atomic E-state index is -0.238. The van der Waals surface area contributed by atoms with Crippen LogP contribution in [-0.2, 0) is 6.54 Å². The van der Waals surface area contributed by atoms with Gasteiger partial charge in [-0.05, 0) is 44.6 Å². The molecule has 0 unspecified atom stereocenters. The molecule has 2 aromatic heterocycles. The van der Waals surface area contributed by atoms with Crippen molar-refractivity contribution in [1.82, 2.24) is 25.1 Å². The number of thioether (sulfide) groups is 1. The molecule has 0 fully saturated rings. The monoisotopic (exact) mass is 530 g/mol. The molecule has 0 atom stereocenters. The van der Waals surface area contributed by atoms with Crippen molar-refractivity contribution in [3.05, 3.63) is 23.9 Å². The van der Waals surface area contributed by atoms with E-state index in [4.69, 9.17) is 19.2 Å². The van der Waals surface area contributed by atoms with Crippen LogP contribution in [0.5, 0.6) is 17.2 Å². The first kappa shape index (κ1) is 28.4. The second-order valence-corrected chi connectivity index (χ2v) is 9.76. The summed E-state index contributed by atoms with van der Waals surface area (Å²) < 4.78 is 19.0. The van der Waals surface area contributed by atoms with Gasteiger partial charge in [-0.15, -0.1) is 0 Å². The van der Waals surface area contributed by atoms with Crippen LogP contribution in [0.3, 0.4) is 0 Å². The van der Waals surface area contributed by atoms with Gasteiger partial charge in [0.25, 0.3) is 5.91 Å². The minimum absolute atomic E-state index is 0.238. The van der Waals surface area contributed by atoms with Crippen LogP contribution in [0.2, 0.25) is 0 Å². The van der Waals surface area contributed by atoms with Gasteiger partial charge in [0.2, 0.25) is 5.75 Å². The number of aromatic nitrogens is 4. The SMILES string of the molecule is CCOc1cc(C(=O)NCCn2ncc3c(NCC(C)C)nc(SCC)nc32)cc(OCC)c1OCC. The summed E-state index contributed by atoms with van der Waals surface area (Å²) >= 11 is 1.58. The van der Waals surface area contributed by atoms with Crippen molar-refractivity contribution in [1.29, 1.82) is 0 Å². The fraction of sp³-hybridized carbons (Fsp3) is 0.538. The highest BCUT2D eigenvalue weighted by Crippen LogP contribution is 2.39. The molecule has 3 rings (SSSR count). The van der Waals surface area contributed by atoms with Crippen LogP contribution >= 0.6 is 11.8 Å². The number of benzene rings is 1. The van der Waals surface area contributed by atoms with Gasteiger partial charge in [0.1, 0.15) is 5.82 Å². The van der Waals surface area contributed by atoms with Crippen LogP contribution in [-0.4, -0.2) is 64.3 Å². The molecule has 37 heavy (non-hydrogen) atoms. The highest BCUT2D eigenvalue weighted by molar-refractivity contribution is 7.99. The van der Waals surface area contributed by atoms with Gasteiger partial charge in [-0.2, -0.15) is 5.10 Å². The third kappa shape index (κ3) is 7.41. The molecule has 1 aromatic carbocycles. The summed E-state index contributed by atoms with van der Waals surface area (Å²) in [7, 11) is 0. The van der Waals surface area contributed by atoms with Gasteiger partial charge in [-0.3, -0.25) is 4.79 Å². The molecule has 0 spiro atoms. The number of nitrogens with one attached hydrogen (secondary N) is 2. The summed E-state index contributed by atoms with van der Waals surface area (Å²) in [5.41, 5.74) is 1.18. The van der Waals surface area contributed by atoms with Crippen LogP contribution in [0.4, 0.5) is 5.82 Å². The van der Waals surface area contributed by atoms with Crippen molar-refractivity contribution in [2.75, 3.05) is 44.0 Å². The molecule has 1 amide bonds. The molecule has 0 bridgehead atoms.